The van der Waals surface area contributed by atoms with Crippen LogP contribution in [0.1, 0.15) is 35.4 Å². The number of H-pyrrole nitrogens is 1. The molecule has 3 aromatic rings. The van der Waals surface area contributed by atoms with Gasteiger partial charge in [-0.2, -0.15) is 5.10 Å². The van der Waals surface area contributed by atoms with Gasteiger partial charge in [0.25, 0.3) is 5.91 Å². The van der Waals surface area contributed by atoms with Crippen LogP contribution in [0.15, 0.2) is 36.7 Å². The third kappa shape index (κ3) is 3.75. The first kappa shape index (κ1) is 17.4. The summed E-state index contributed by atoms with van der Waals surface area (Å²) >= 11 is 0. The summed E-state index contributed by atoms with van der Waals surface area (Å²) in [6, 6.07) is 7.43. The van der Waals surface area contributed by atoms with Crippen LogP contribution in [-0.4, -0.2) is 50.1 Å². The molecule has 4 N–H and O–H groups in total. The van der Waals surface area contributed by atoms with Gasteiger partial charge in [-0.3, -0.25) is 9.89 Å². The van der Waals surface area contributed by atoms with Gasteiger partial charge in [-0.05, 0) is 44.5 Å². The van der Waals surface area contributed by atoms with Crippen LogP contribution in [0.4, 0.5) is 5.82 Å². The molecule has 3 heterocycles. The van der Waals surface area contributed by atoms with Crippen LogP contribution in [0.3, 0.4) is 0 Å². The maximum absolute atomic E-state index is 13.5. The minimum absolute atomic E-state index is 0.0391. The summed E-state index contributed by atoms with van der Waals surface area (Å²) in [4.78, 5) is 24.0. The van der Waals surface area contributed by atoms with Gasteiger partial charge in [0.2, 0.25) is 0 Å². The fourth-order valence-electron chi connectivity index (χ4n) is 3.62. The van der Waals surface area contributed by atoms with Crippen molar-refractivity contribution >= 4 is 22.6 Å². The zero-order valence-corrected chi connectivity index (χ0v) is 15.1. The SMILES string of the molecule is Nc1ccnc(CN(C(=O)c2cccc3cn[nH]c23)[C@H]2CCCNCC2)n1. The van der Waals surface area contributed by atoms with E-state index in [4.69, 9.17) is 5.73 Å². The standard InChI is InChI=1S/C19H23N7O/c20-16-7-10-22-17(24-16)12-26(14-4-2-8-21-9-6-14)19(27)15-5-1-3-13-11-23-25-18(13)15/h1,3,5,7,10-11,14,21H,2,4,6,8-9,12H2,(H,23,25)(H2,20,22,24)/t14-/m0/s1. The van der Waals surface area contributed by atoms with E-state index in [1.807, 2.05) is 23.1 Å². The van der Waals surface area contributed by atoms with Crippen molar-refractivity contribution in [3.8, 4) is 0 Å². The number of nitrogens with one attached hydrogen (secondary N) is 2. The molecule has 0 spiro atoms. The Hall–Kier alpha value is -3.00. The van der Waals surface area contributed by atoms with Crippen LogP contribution in [-0.2, 0) is 6.54 Å². The van der Waals surface area contributed by atoms with Crippen molar-refractivity contribution in [1.82, 2.24) is 30.4 Å². The molecule has 0 bridgehead atoms. The molecule has 140 valence electrons. The van der Waals surface area contributed by atoms with Crippen LogP contribution >= 0.6 is 0 Å². The second kappa shape index (κ2) is 7.71. The first-order valence-corrected chi connectivity index (χ1v) is 9.23. The van der Waals surface area contributed by atoms with Gasteiger partial charge in [0, 0.05) is 17.6 Å². The summed E-state index contributed by atoms with van der Waals surface area (Å²) in [5, 5.41) is 11.4. The van der Waals surface area contributed by atoms with Crippen LogP contribution in [0.5, 0.6) is 0 Å². The summed E-state index contributed by atoms with van der Waals surface area (Å²) in [5.74, 6) is 0.922. The Labute approximate surface area is 157 Å². The van der Waals surface area contributed by atoms with Crippen molar-refractivity contribution in [2.24, 2.45) is 0 Å². The number of hydrogen-bond donors (Lipinski definition) is 3. The second-order valence-electron chi connectivity index (χ2n) is 6.81. The number of anilines is 1. The number of para-hydroxylation sites is 1. The normalized spacial score (nSPS) is 17.6. The first-order valence-electron chi connectivity index (χ1n) is 9.23. The van der Waals surface area contributed by atoms with Crippen LogP contribution in [0.2, 0.25) is 0 Å². The largest absolute Gasteiger partial charge is 0.384 e. The quantitative estimate of drug-likeness (QED) is 0.649. The molecule has 8 heteroatoms. The lowest BCUT2D eigenvalue weighted by Gasteiger charge is -2.31. The number of fused-ring (bicyclic) bond motifs is 1. The Morgan fingerprint density at radius 2 is 2.19 bits per heavy atom. The monoisotopic (exact) mass is 365 g/mol. The Morgan fingerprint density at radius 1 is 1.26 bits per heavy atom. The van der Waals surface area contributed by atoms with E-state index in [0.717, 1.165) is 43.3 Å². The first-order chi connectivity index (χ1) is 13.2. The molecule has 1 saturated heterocycles. The van der Waals surface area contributed by atoms with Crippen molar-refractivity contribution in [1.29, 1.82) is 0 Å². The molecule has 1 aliphatic heterocycles. The Bertz CT molecular complexity index is 930. The van der Waals surface area contributed by atoms with Crippen molar-refractivity contribution < 1.29 is 4.79 Å². The van der Waals surface area contributed by atoms with Gasteiger partial charge in [-0.1, -0.05) is 12.1 Å². The average molecular weight is 365 g/mol. The Morgan fingerprint density at radius 3 is 3.07 bits per heavy atom. The molecule has 0 aliphatic carbocycles. The molecule has 0 radical (unpaired) electrons. The van der Waals surface area contributed by atoms with E-state index in [1.165, 1.54) is 0 Å². The van der Waals surface area contributed by atoms with E-state index < -0.39 is 0 Å². The molecule has 0 unspecified atom stereocenters. The lowest BCUT2D eigenvalue weighted by atomic mass is 10.0. The van der Waals surface area contributed by atoms with Crippen molar-refractivity contribution in [2.45, 2.75) is 31.8 Å². The predicted molar refractivity (Wildman–Crippen MR) is 103 cm³/mol. The molecule has 0 saturated carbocycles. The number of carbonyl (C=O) groups is 1. The average Bonchev–Trinajstić information content (AvgIpc) is 3.00. The molecule has 1 atom stereocenters. The van der Waals surface area contributed by atoms with Crippen molar-refractivity contribution in [2.75, 3.05) is 18.8 Å². The van der Waals surface area contributed by atoms with E-state index in [0.29, 0.717) is 23.8 Å². The molecule has 2 aromatic heterocycles. The number of rotatable bonds is 4. The molecule has 1 fully saturated rings. The molecular formula is C19H23N7O. The highest BCUT2D eigenvalue weighted by atomic mass is 16.2. The third-order valence-corrected chi connectivity index (χ3v) is 4.99. The predicted octanol–water partition coefficient (Wildman–Crippen LogP) is 1.72. The number of benzene rings is 1. The molecule has 1 aromatic carbocycles. The summed E-state index contributed by atoms with van der Waals surface area (Å²) < 4.78 is 0. The van der Waals surface area contributed by atoms with Gasteiger partial charge in [0.05, 0.1) is 23.8 Å². The van der Waals surface area contributed by atoms with Crippen molar-refractivity contribution in [3.63, 3.8) is 0 Å². The fraction of sp³-hybridized carbons (Fsp3) is 0.368. The summed E-state index contributed by atoms with van der Waals surface area (Å²) in [6.45, 7) is 2.20. The third-order valence-electron chi connectivity index (χ3n) is 4.99. The number of carbonyl (C=O) groups excluding carboxylic acids is 1. The minimum Gasteiger partial charge on any atom is -0.384 e. The van der Waals surface area contributed by atoms with Gasteiger partial charge < -0.3 is 16.0 Å². The molecule has 8 nitrogen and oxygen atoms in total. The molecular weight excluding hydrogens is 342 g/mol. The number of nitrogen functional groups attached to an aromatic ring is 1. The number of nitrogens with two attached hydrogens (primary N) is 1. The zero-order valence-electron chi connectivity index (χ0n) is 15.1. The van der Waals surface area contributed by atoms with Crippen LogP contribution in [0.25, 0.3) is 10.9 Å². The second-order valence-corrected chi connectivity index (χ2v) is 6.81. The summed E-state index contributed by atoms with van der Waals surface area (Å²) in [7, 11) is 0. The summed E-state index contributed by atoms with van der Waals surface area (Å²) in [5.41, 5.74) is 7.18. The maximum atomic E-state index is 13.5. The molecule has 4 rings (SSSR count). The number of nitrogens with zero attached hydrogens (tertiary/aromatic N) is 4. The Kier molecular flexibility index (Phi) is 4.97. The topological polar surface area (TPSA) is 113 Å². The number of amides is 1. The van der Waals surface area contributed by atoms with Gasteiger partial charge >= 0.3 is 0 Å². The van der Waals surface area contributed by atoms with E-state index >= 15 is 0 Å². The van der Waals surface area contributed by atoms with E-state index in [9.17, 15) is 4.79 Å². The highest BCUT2D eigenvalue weighted by Gasteiger charge is 2.28. The summed E-state index contributed by atoms with van der Waals surface area (Å²) in [6.07, 6.45) is 6.23. The van der Waals surface area contributed by atoms with Crippen molar-refractivity contribution in [3.05, 3.63) is 48.0 Å². The smallest absolute Gasteiger partial charge is 0.256 e. The molecule has 1 amide bonds. The number of hydrogen-bond acceptors (Lipinski definition) is 6. The minimum atomic E-state index is -0.0391. The van der Waals surface area contributed by atoms with E-state index in [2.05, 4.69) is 25.5 Å². The Balaban J connectivity index is 1.69. The lowest BCUT2D eigenvalue weighted by molar-refractivity contribution is 0.0641. The highest BCUT2D eigenvalue weighted by Crippen LogP contribution is 2.23. The van der Waals surface area contributed by atoms with Gasteiger partial charge in [-0.15, -0.1) is 0 Å². The van der Waals surface area contributed by atoms with E-state index in [1.54, 1.807) is 18.5 Å². The van der Waals surface area contributed by atoms with Crippen LogP contribution < -0.4 is 11.1 Å². The van der Waals surface area contributed by atoms with E-state index in [-0.39, 0.29) is 11.9 Å². The maximum Gasteiger partial charge on any atom is 0.256 e. The van der Waals surface area contributed by atoms with Gasteiger partial charge in [0.15, 0.2) is 0 Å². The zero-order chi connectivity index (χ0) is 18.6. The fourth-order valence-corrected chi connectivity index (χ4v) is 3.62. The number of aromatic nitrogens is 4. The molecule has 27 heavy (non-hydrogen) atoms. The van der Waals surface area contributed by atoms with Crippen LogP contribution in [0, 0.1) is 0 Å². The van der Waals surface area contributed by atoms with Gasteiger partial charge in [0.1, 0.15) is 11.6 Å². The number of aromatic amines is 1. The highest BCUT2D eigenvalue weighted by molar-refractivity contribution is 6.05. The lowest BCUT2D eigenvalue weighted by Crippen LogP contribution is -2.41. The van der Waals surface area contributed by atoms with Gasteiger partial charge in [-0.25, -0.2) is 9.97 Å². The molecule has 1 aliphatic rings.